The van der Waals surface area contributed by atoms with Crippen molar-refractivity contribution < 1.29 is 8.23 Å². The molecule has 83 valence electrons. The van der Waals surface area contributed by atoms with Gasteiger partial charge in [0.05, 0.1) is 0 Å². The predicted molar refractivity (Wildman–Crippen MR) is 69.6 cm³/mol. The van der Waals surface area contributed by atoms with Gasteiger partial charge < -0.3 is 8.23 Å². The van der Waals surface area contributed by atoms with E-state index in [4.69, 9.17) is 8.23 Å². The van der Waals surface area contributed by atoms with Crippen LogP contribution in [0.2, 0.25) is 45.3 Å². The summed E-state index contributed by atoms with van der Waals surface area (Å²) in [5.41, 5.74) is 0. The molecule has 0 saturated heterocycles. The normalized spacial score (nSPS) is 13.4. The van der Waals surface area contributed by atoms with Gasteiger partial charge in [-0.2, -0.15) is 0 Å². The first kappa shape index (κ1) is 14.3. The van der Waals surface area contributed by atoms with E-state index in [1.165, 1.54) is 0 Å². The molecule has 1 radical (unpaired) electrons. The molecule has 0 atom stereocenters. The summed E-state index contributed by atoms with van der Waals surface area (Å²) in [5, 5.41) is 0. The van der Waals surface area contributed by atoms with Crippen LogP contribution >= 0.6 is 0 Å². The minimum atomic E-state index is -1.46. The van der Waals surface area contributed by atoms with E-state index in [1.54, 1.807) is 0 Å². The quantitative estimate of drug-likeness (QED) is 0.529. The van der Waals surface area contributed by atoms with Crippen molar-refractivity contribution in [3.63, 3.8) is 0 Å². The molecular formula is C9H23O2Si3. The molecule has 2 nitrogen and oxygen atoms in total. The molecule has 0 aliphatic heterocycles. The Kier molecular flexibility index (Phi) is 5.53. The Labute approximate surface area is 92.4 Å². The van der Waals surface area contributed by atoms with Gasteiger partial charge in [0.1, 0.15) is 0 Å². The SMILES string of the molecule is C=CC[Si](O[Si](C)(C)C)O[Si](C)(C)C. The summed E-state index contributed by atoms with van der Waals surface area (Å²) in [6.45, 7) is 17.0. The highest BCUT2D eigenvalue weighted by Gasteiger charge is 2.28. The van der Waals surface area contributed by atoms with Crippen molar-refractivity contribution in [2.45, 2.75) is 45.3 Å². The highest BCUT2D eigenvalue weighted by molar-refractivity contribution is 6.81. The fraction of sp³-hybridized carbons (Fsp3) is 0.778. The van der Waals surface area contributed by atoms with Gasteiger partial charge in [0.15, 0.2) is 16.6 Å². The molecule has 0 rings (SSSR count). The molecule has 0 aliphatic rings. The van der Waals surface area contributed by atoms with Crippen molar-refractivity contribution in [2.75, 3.05) is 0 Å². The van der Waals surface area contributed by atoms with Crippen LogP contribution in [0.5, 0.6) is 0 Å². The Morgan fingerprint density at radius 1 is 1.00 bits per heavy atom. The minimum Gasteiger partial charge on any atom is -0.435 e. The van der Waals surface area contributed by atoms with Crippen molar-refractivity contribution in [3.05, 3.63) is 12.7 Å². The summed E-state index contributed by atoms with van der Waals surface area (Å²) >= 11 is 0. The van der Waals surface area contributed by atoms with Gasteiger partial charge in [0.2, 0.25) is 0 Å². The van der Waals surface area contributed by atoms with Crippen LogP contribution in [-0.4, -0.2) is 25.9 Å². The summed E-state index contributed by atoms with van der Waals surface area (Å²) in [7, 11) is -4.03. The maximum Gasteiger partial charge on any atom is 0.366 e. The maximum absolute atomic E-state index is 6.04. The second kappa shape index (κ2) is 5.41. The lowest BCUT2D eigenvalue weighted by molar-refractivity contribution is 0.422. The molecule has 0 heterocycles. The summed E-state index contributed by atoms with van der Waals surface area (Å²) in [5.74, 6) is 0. The van der Waals surface area contributed by atoms with E-state index in [2.05, 4.69) is 45.9 Å². The molecule has 0 unspecified atom stereocenters. The average Bonchev–Trinajstić information content (AvgIpc) is 1.78. The molecule has 0 N–H and O–H groups in total. The lowest BCUT2D eigenvalue weighted by atomic mass is 10.8. The molecular weight excluding hydrogens is 224 g/mol. The molecule has 0 aliphatic carbocycles. The van der Waals surface area contributed by atoms with Gasteiger partial charge in [-0.3, -0.25) is 0 Å². The minimum absolute atomic E-state index is 0.888. The molecule has 0 aromatic rings. The first-order chi connectivity index (χ1) is 6.14. The molecule has 0 fully saturated rings. The highest BCUT2D eigenvalue weighted by Crippen LogP contribution is 2.14. The van der Waals surface area contributed by atoms with Crippen LogP contribution in [0.1, 0.15) is 0 Å². The third-order valence-electron chi connectivity index (χ3n) is 1.15. The third kappa shape index (κ3) is 8.89. The average molecular weight is 248 g/mol. The van der Waals surface area contributed by atoms with Crippen molar-refractivity contribution in [1.29, 1.82) is 0 Å². The molecule has 5 heteroatoms. The fourth-order valence-corrected chi connectivity index (χ4v) is 7.81. The van der Waals surface area contributed by atoms with Crippen molar-refractivity contribution in [1.82, 2.24) is 0 Å². The van der Waals surface area contributed by atoms with E-state index < -0.39 is 25.9 Å². The summed E-state index contributed by atoms with van der Waals surface area (Å²) < 4.78 is 12.1. The van der Waals surface area contributed by atoms with Crippen molar-refractivity contribution >= 4 is 25.9 Å². The van der Waals surface area contributed by atoms with Crippen LogP contribution in [0.3, 0.4) is 0 Å². The molecule has 0 bridgehead atoms. The van der Waals surface area contributed by atoms with Gasteiger partial charge in [0, 0.05) is 6.04 Å². The van der Waals surface area contributed by atoms with Gasteiger partial charge in [-0.05, 0) is 39.3 Å². The Morgan fingerprint density at radius 2 is 1.36 bits per heavy atom. The van der Waals surface area contributed by atoms with E-state index in [0.717, 1.165) is 6.04 Å². The van der Waals surface area contributed by atoms with Gasteiger partial charge in [-0.1, -0.05) is 6.08 Å². The smallest absolute Gasteiger partial charge is 0.366 e. The molecule has 0 saturated carbocycles. The Bertz CT molecular complexity index is 165. The van der Waals surface area contributed by atoms with Gasteiger partial charge in [-0.15, -0.1) is 6.58 Å². The lowest BCUT2D eigenvalue weighted by Crippen LogP contribution is -2.42. The topological polar surface area (TPSA) is 18.5 Å². The molecule has 0 amide bonds. The second-order valence-electron chi connectivity index (χ2n) is 5.29. The van der Waals surface area contributed by atoms with Gasteiger partial charge in [0.25, 0.3) is 0 Å². The Hall–Kier alpha value is 0.311. The van der Waals surface area contributed by atoms with Crippen LogP contribution in [0.4, 0.5) is 0 Å². The number of hydrogen-bond donors (Lipinski definition) is 0. The zero-order valence-electron chi connectivity index (χ0n) is 10.3. The van der Waals surface area contributed by atoms with E-state index in [0.29, 0.717) is 0 Å². The molecule has 0 aromatic heterocycles. The largest absolute Gasteiger partial charge is 0.435 e. The van der Waals surface area contributed by atoms with Gasteiger partial charge in [-0.25, -0.2) is 0 Å². The van der Waals surface area contributed by atoms with E-state index in [-0.39, 0.29) is 0 Å². The van der Waals surface area contributed by atoms with Crippen LogP contribution in [-0.2, 0) is 8.23 Å². The third-order valence-corrected chi connectivity index (χ3v) is 8.49. The summed E-state index contributed by atoms with van der Waals surface area (Å²) in [4.78, 5) is 0. The monoisotopic (exact) mass is 247 g/mol. The highest BCUT2D eigenvalue weighted by atomic mass is 28.4. The lowest BCUT2D eigenvalue weighted by Gasteiger charge is -2.28. The first-order valence-electron chi connectivity index (χ1n) is 4.99. The predicted octanol–water partition coefficient (Wildman–Crippen LogP) is 3.36. The van der Waals surface area contributed by atoms with Crippen molar-refractivity contribution in [3.8, 4) is 0 Å². The van der Waals surface area contributed by atoms with Crippen LogP contribution in [0.15, 0.2) is 12.7 Å². The summed E-state index contributed by atoms with van der Waals surface area (Å²) in [6.07, 6.45) is 1.91. The van der Waals surface area contributed by atoms with Crippen LogP contribution in [0.25, 0.3) is 0 Å². The van der Waals surface area contributed by atoms with E-state index in [9.17, 15) is 0 Å². The summed E-state index contributed by atoms with van der Waals surface area (Å²) in [6, 6.07) is 0.888. The Morgan fingerprint density at radius 3 is 1.57 bits per heavy atom. The second-order valence-corrected chi connectivity index (χ2v) is 16.5. The molecule has 0 spiro atoms. The van der Waals surface area contributed by atoms with Crippen LogP contribution < -0.4 is 0 Å². The van der Waals surface area contributed by atoms with Crippen LogP contribution in [0, 0.1) is 0 Å². The number of allylic oxidation sites excluding steroid dienone is 1. The first-order valence-corrected chi connectivity index (χ1v) is 13.3. The zero-order chi connectivity index (χ0) is 11.4. The van der Waals surface area contributed by atoms with Gasteiger partial charge >= 0.3 is 9.28 Å². The molecule has 14 heavy (non-hydrogen) atoms. The van der Waals surface area contributed by atoms with Crippen molar-refractivity contribution in [2.24, 2.45) is 0 Å². The maximum atomic E-state index is 6.04. The Balaban J connectivity index is 4.23. The van der Waals surface area contributed by atoms with E-state index >= 15 is 0 Å². The zero-order valence-corrected chi connectivity index (χ0v) is 13.3. The van der Waals surface area contributed by atoms with E-state index in [1.807, 2.05) is 6.08 Å². The standard InChI is InChI=1S/C9H23O2Si3/c1-8-9-12(10-13(2,3)4)11-14(5,6)7/h8H,1,9H2,2-7H3. The number of rotatable bonds is 6. The molecule has 0 aromatic carbocycles. The fourth-order valence-electron chi connectivity index (χ4n) is 0.905. The number of hydrogen-bond acceptors (Lipinski definition) is 2.